The van der Waals surface area contributed by atoms with E-state index in [0.29, 0.717) is 18.0 Å². The molecule has 5 nitrogen and oxygen atoms in total. The van der Waals surface area contributed by atoms with Crippen molar-refractivity contribution in [2.75, 3.05) is 26.2 Å². The van der Waals surface area contributed by atoms with Crippen LogP contribution in [0.15, 0.2) is 0 Å². The summed E-state index contributed by atoms with van der Waals surface area (Å²) in [4.78, 5) is 31.5. The highest BCUT2D eigenvalue weighted by molar-refractivity contribution is 5.81. The molecule has 0 unspecified atom stereocenters. The zero-order valence-corrected chi connectivity index (χ0v) is 15.4. The Morgan fingerprint density at radius 2 is 1.46 bits per heavy atom. The lowest BCUT2D eigenvalue weighted by molar-refractivity contribution is -0.137. The number of rotatable bonds is 3. The maximum Gasteiger partial charge on any atom is 0.239 e. The van der Waals surface area contributed by atoms with Gasteiger partial charge in [0.15, 0.2) is 0 Å². The first-order valence-electron chi connectivity index (χ1n) is 9.91. The zero-order valence-electron chi connectivity index (χ0n) is 15.4. The highest BCUT2D eigenvalue weighted by Crippen LogP contribution is 2.31. The molecule has 0 bridgehead atoms. The molecule has 2 amide bonds. The summed E-state index contributed by atoms with van der Waals surface area (Å²) >= 11 is 0. The molecule has 3 fully saturated rings. The van der Waals surface area contributed by atoms with Gasteiger partial charge in [0, 0.05) is 38.6 Å². The molecular weight excluding hydrogens is 302 g/mol. The van der Waals surface area contributed by atoms with Gasteiger partial charge in [0.25, 0.3) is 0 Å². The largest absolute Gasteiger partial charge is 0.341 e. The number of hydrogen-bond donors (Lipinski definition) is 0. The normalized spacial score (nSPS) is 30.4. The summed E-state index contributed by atoms with van der Waals surface area (Å²) in [5, 5.41) is 0. The van der Waals surface area contributed by atoms with Crippen LogP contribution in [-0.2, 0) is 9.59 Å². The summed E-state index contributed by atoms with van der Waals surface area (Å²) in [6, 6.07) is 0.622. The SMILES string of the molecule is CC(=O)N1CCC[C@@H]1[C@H]1CCCN1[C@H](C)C(=O)N1CCCCCC1. The molecule has 5 heteroatoms. The van der Waals surface area contributed by atoms with Crippen LogP contribution in [0.3, 0.4) is 0 Å². The summed E-state index contributed by atoms with van der Waals surface area (Å²) in [6.45, 7) is 7.49. The van der Waals surface area contributed by atoms with Crippen LogP contribution in [0.1, 0.15) is 65.2 Å². The minimum Gasteiger partial charge on any atom is -0.341 e. The Bertz CT molecular complexity index is 460. The Morgan fingerprint density at radius 1 is 0.833 bits per heavy atom. The van der Waals surface area contributed by atoms with E-state index < -0.39 is 0 Å². The van der Waals surface area contributed by atoms with E-state index in [0.717, 1.165) is 64.7 Å². The minimum atomic E-state index is -0.0509. The number of hydrogen-bond acceptors (Lipinski definition) is 3. The van der Waals surface area contributed by atoms with E-state index in [1.165, 1.54) is 12.8 Å². The maximum absolute atomic E-state index is 13.0. The van der Waals surface area contributed by atoms with Crippen LogP contribution in [0, 0.1) is 0 Å². The predicted molar refractivity (Wildman–Crippen MR) is 94.6 cm³/mol. The van der Waals surface area contributed by atoms with Gasteiger partial charge in [0.05, 0.1) is 6.04 Å². The van der Waals surface area contributed by atoms with Gasteiger partial charge < -0.3 is 9.80 Å². The molecule has 0 N–H and O–H groups in total. The molecule has 0 spiro atoms. The molecule has 3 atom stereocenters. The van der Waals surface area contributed by atoms with Crippen molar-refractivity contribution in [2.24, 2.45) is 0 Å². The van der Waals surface area contributed by atoms with E-state index in [1.807, 2.05) is 4.90 Å². The second-order valence-corrected chi connectivity index (χ2v) is 7.78. The fraction of sp³-hybridized carbons (Fsp3) is 0.895. The summed E-state index contributed by atoms with van der Waals surface area (Å²) < 4.78 is 0. The molecule has 0 aromatic carbocycles. The van der Waals surface area contributed by atoms with Crippen molar-refractivity contribution < 1.29 is 9.59 Å². The zero-order chi connectivity index (χ0) is 17.1. The average Bonchev–Trinajstić information content (AvgIpc) is 3.16. The number of nitrogens with zero attached hydrogens (tertiary/aromatic N) is 3. The van der Waals surface area contributed by atoms with Crippen molar-refractivity contribution in [1.29, 1.82) is 0 Å². The second kappa shape index (κ2) is 7.85. The molecule has 0 aromatic rings. The Balaban J connectivity index is 1.67. The second-order valence-electron chi connectivity index (χ2n) is 7.78. The molecule has 3 heterocycles. The molecule has 136 valence electrons. The van der Waals surface area contributed by atoms with Crippen LogP contribution >= 0.6 is 0 Å². The van der Waals surface area contributed by atoms with Crippen LogP contribution in [0.4, 0.5) is 0 Å². The van der Waals surface area contributed by atoms with Crippen molar-refractivity contribution in [3.8, 4) is 0 Å². The number of likely N-dealkylation sites (tertiary alicyclic amines) is 3. The van der Waals surface area contributed by atoms with E-state index in [1.54, 1.807) is 6.92 Å². The van der Waals surface area contributed by atoms with Crippen molar-refractivity contribution in [3.05, 3.63) is 0 Å². The minimum absolute atomic E-state index is 0.0509. The van der Waals surface area contributed by atoms with Crippen molar-refractivity contribution in [1.82, 2.24) is 14.7 Å². The van der Waals surface area contributed by atoms with Crippen LogP contribution in [0.2, 0.25) is 0 Å². The number of carbonyl (C=O) groups excluding carboxylic acids is 2. The van der Waals surface area contributed by atoms with Crippen LogP contribution in [0.5, 0.6) is 0 Å². The van der Waals surface area contributed by atoms with Gasteiger partial charge in [-0.25, -0.2) is 0 Å². The van der Waals surface area contributed by atoms with Crippen LogP contribution in [0.25, 0.3) is 0 Å². The standard InChI is InChI=1S/C19H33N3O2/c1-15(19(24)20-11-5-3-4-6-12-20)21-13-7-9-17(21)18-10-8-14-22(18)16(2)23/h15,17-18H,3-14H2,1-2H3/t15-,17-,18-/m1/s1. The van der Waals surface area contributed by atoms with Gasteiger partial charge in [-0.05, 0) is 52.0 Å². The lowest BCUT2D eigenvalue weighted by Crippen LogP contribution is -2.54. The maximum atomic E-state index is 13.0. The van der Waals surface area contributed by atoms with Gasteiger partial charge >= 0.3 is 0 Å². The number of carbonyl (C=O) groups is 2. The lowest BCUT2D eigenvalue weighted by atomic mass is 10.0. The van der Waals surface area contributed by atoms with Gasteiger partial charge in [0.1, 0.15) is 0 Å². The van der Waals surface area contributed by atoms with E-state index in [4.69, 9.17) is 0 Å². The monoisotopic (exact) mass is 335 g/mol. The van der Waals surface area contributed by atoms with Gasteiger partial charge in [-0.2, -0.15) is 0 Å². The molecule has 0 radical (unpaired) electrons. The molecule has 24 heavy (non-hydrogen) atoms. The van der Waals surface area contributed by atoms with Gasteiger partial charge in [0.2, 0.25) is 11.8 Å². The first kappa shape index (κ1) is 17.7. The molecule has 3 saturated heterocycles. The summed E-state index contributed by atoms with van der Waals surface area (Å²) in [7, 11) is 0. The fourth-order valence-electron chi connectivity index (χ4n) is 4.99. The smallest absolute Gasteiger partial charge is 0.239 e. The average molecular weight is 335 g/mol. The van der Waals surface area contributed by atoms with Crippen molar-refractivity contribution in [2.45, 2.75) is 83.3 Å². The molecule has 3 rings (SSSR count). The summed E-state index contributed by atoms with van der Waals surface area (Å²) in [5.41, 5.74) is 0. The third-order valence-electron chi connectivity index (χ3n) is 6.26. The van der Waals surface area contributed by atoms with Crippen LogP contribution < -0.4 is 0 Å². The molecular formula is C19H33N3O2. The molecule has 3 aliphatic rings. The fourth-order valence-corrected chi connectivity index (χ4v) is 4.99. The highest BCUT2D eigenvalue weighted by Gasteiger charge is 2.42. The van der Waals surface area contributed by atoms with Gasteiger partial charge in [-0.1, -0.05) is 12.8 Å². The Hall–Kier alpha value is -1.10. The predicted octanol–water partition coefficient (Wildman–Crippen LogP) is 2.25. The molecule has 3 aliphatic heterocycles. The van der Waals surface area contributed by atoms with Gasteiger partial charge in [-0.15, -0.1) is 0 Å². The summed E-state index contributed by atoms with van der Waals surface area (Å²) in [6.07, 6.45) is 9.23. The topological polar surface area (TPSA) is 43.9 Å². The molecule has 0 aliphatic carbocycles. The van der Waals surface area contributed by atoms with E-state index in [-0.39, 0.29) is 11.9 Å². The quantitative estimate of drug-likeness (QED) is 0.794. The highest BCUT2D eigenvalue weighted by atomic mass is 16.2. The first-order chi connectivity index (χ1) is 11.6. The number of amides is 2. The molecule has 0 aromatic heterocycles. The third kappa shape index (κ3) is 3.61. The van der Waals surface area contributed by atoms with Crippen LogP contribution in [-0.4, -0.2) is 70.8 Å². The van der Waals surface area contributed by atoms with Gasteiger partial charge in [-0.3, -0.25) is 14.5 Å². The van der Waals surface area contributed by atoms with Crippen molar-refractivity contribution >= 4 is 11.8 Å². The Morgan fingerprint density at radius 3 is 2.12 bits per heavy atom. The summed E-state index contributed by atoms with van der Waals surface area (Å²) in [5.74, 6) is 0.493. The third-order valence-corrected chi connectivity index (χ3v) is 6.26. The van der Waals surface area contributed by atoms with Crippen molar-refractivity contribution in [3.63, 3.8) is 0 Å². The lowest BCUT2D eigenvalue weighted by Gasteiger charge is -2.38. The first-order valence-corrected chi connectivity index (χ1v) is 9.91. The van der Waals surface area contributed by atoms with E-state index >= 15 is 0 Å². The Labute approximate surface area is 146 Å². The van der Waals surface area contributed by atoms with E-state index in [9.17, 15) is 9.59 Å². The Kier molecular flexibility index (Phi) is 5.80. The van der Waals surface area contributed by atoms with E-state index in [2.05, 4.69) is 16.7 Å². The molecule has 0 saturated carbocycles.